The van der Waals surface area contributed by atoms with Gasteiger partial charge in [0.15, 0.2) is 0 Å². The molecule has 5 aromatic carbocycles. The highest BCUT2D eigenvalue weighted by atomic mass is 16.5. The molecule has 5 nitrogen and oxygen atoms in total. The van der Waals surface area contributed by atoms with Gasteiger partial charge in [-0.15, -0.1) is 0 Å². The first-order valence-corrected chi connectivity index (χ1v) is 16.8. The van der Waals surface area contributed by atoms with Gasteiger partial charge in [-0.25, -0.2) is 4.98 Å². The zero-order valence-electron chi connectivity index (χ0n) is 28.1. The van der Waals surface area contributed by atoms with Gasteiger partial charge >= 0.3 is 0 Å². The van der Waals surface area contributed by atoms with Gasteiger partial charge in [-0.05, 0) is 104 Å². The van der Waals surface area contributed by atoms with E-state index in [4.69, 9.17) is 9.72 Å². The van der Waals surface area contributed by atoms with Crippen LogP contribution < -0.4 is 9.64 Å². The maximum Gasteiger partial charge on any atom is 0.137 e. The topological polar surface area (TPSA) is 43.2 Å². The summed E-state index contributed by atoms with van der Waals surface area (Å²) < 4.78 is 8.75. The largest absolute Gasteiger partial charge is 0.457 e. The van der Waals surface area contributed by atoms with E-state index in [1.165, 1.54) is 27.3 Å². The average Bonchev–Trinajstić information content (AvgIpc) is 3.44. The van der Waals surface area contributed by atoms with Crippen LogP contribution in [0.5, 0.6) is 11.5 Å². The Kier molecular flexibility index (Phi) is 6.44. The monoisotopic (exact) mass is 636 g/mol. The fourth-order valence-corrected chi connectivity index (χ4v) is 8.26. The number of ether oxygens (including phenoxy) is 1. The quantitative estimate of drug-likeness (QED) is 0.189. The van der Waals surface area contributed by atoms with Crippen molar-refractivity contribution in [2.24, 2.45) is 0 Å². The van der Waals surface area contributed by atoms with E-state index in [0.717, 1.165) is 50.7 Å². The van der Waals surface area contributed by atoms with E-state index in [9.17, 15) is 0 Å². The van der Waals surface area contributed by atoms with Crippen LogP contribution in [0, 0.1) is 0 Å². The smallest absolute Gasteiger partial charge is 0.137 e. The van der Waals surface area contributed by atoms with Gasteiger partial charge in [0, 0.05) is 40.5 Å². The van der Waals surface area contributed by atoms with Crippen LogP contribution in [0.1, 0.15) is 38.8 Å². The van der Waals surface area contributed by atoms with Crippen LogP contribution in [0.15, 0.2) is 146 Å². The standard InChI is InChI=1S/C44H36N4O/c1-43(2)36-17-10-12-29-13-11-18-37(42(29)36)44(3,4)48(43)31-23-25-45-38(27-31)30-14-9-15-32(26-30)49-33-21-22-35-34-16-5-6-19-39(34)47(40(35)28-33)41-20-7-8-24-46-41/h5-28H,1-4H3. The molecule has 0 radical (unpaired) electrons. The second-order valence-electron chi connectivity index (χ2n) is 13.9. The molecule has 8 aromatic rings. The van der Waals surface area contributed by atoms with Crippen LogP contribution in [0.2, 0.25) is 0 Å². The third kappa shape index (κ3) is 4.53. The van der Waals surface area contributed by atoms with Gasteiger partial charge in [-0.1, -0.05) is 72.8 Å². The second-order valence-corrected chi connectivity index (χ2v) is 13.9. The van der Waals surface area contributed by atoms with Gasteiger partial charge in [-0.2, -0.15) is 0 Å². The highest BCUT2D eigenvalue weighted by Gasteiger charge is 2.45. The molecule has 3 aromatic heterocycles. The lowest BCUT2D eigenvalue weighted by Gasteiger charge is -2.55. The number of pyridine rings is 2. The van der Waals surface area contributed by atoms with Crippen molar-refractivity contribution in [2.45, 2.75) is 38.8 Å². The molecular formula is C44H36N4O. The molecule has 0 fully saturated rings. The summed E-state index contributed by atoms with van der Waals surface area (Å²) in [6, 6.07) is 46.7. The number of anilines is 1. The van der Waals surface area contributed by atoms with Crippen molar-refractivity contribution in [1.29, 1.82) is 0 Å². The van der Waals surface area contributed by atoms with Crippen molar-refractivity contribution < 1.29 is 4.74 Å². The van der Waals surface area contributed by atoms with E-state index >= 15 is 0 Å². The molecule has 0 amide bonds. The van der Waals surface area contributed by atoms with Gasteiger partial charge in [0.1, 0.15) is 17.3 Å². The zero-order valence-corrected chi connectivity index (χ0v) is 28.1. The molecule has 0 unspecified atom stereocenters. The normalized spacial score (nSPS) is 14.8. The molecule has 49 heavy (non-hydrogen) atoms. The van der Waals surface area contributed by atoms with Crippen LogP contribution in [-0.4, -0.2) is 14.5 Å². The predicted molar refractivity (Wildman–Crippen MR) is 201 cm³/mol. The van der Waals surface area contributed by atoms with E-state index in [-0.39, 0.29) is 11.1 Å². The third-order valence-corrected chi connectivity index (χ3v) is 10.2. The number of aromatic nitrogens is 3. The predicted octanol–water partition coefficient (Wildman–Crippen LogP) is 11.2. The van der Waals surface area contributed by atoms with Crippen LogP contribution in [0.4, 0.5) is 5.69 Å². The van der Waals surface area contributed by atoms with E-state index in [0.29, 0.717) is 0 Å². The summed E-state index contributed by atoms with van der Waals surface area (Å²) in [6.07, 6.45) is 3.76. The number of hydrogen-bond acceptors (Lipinski definition) is 4. The Morgan fingerprint density at radius 3 is 2.04 bits per heavy atom. The van der Waals surface area contributed by atoms with Crippen LogP contribution in [0.25, 0.3) is 49.7 Å². The fraction of sp³-hybridized carbons (Fsp3) is 0.136. The Hall–Kier alpha value is -5.94. The maximum absolute atomic E-state index is 6.55. The Morgan fingerprint density at radius 1 is 0.551 bits per heavy atom. The molecule has 0 spiro atoms. The van der Waals surface area contributed by atoms with Gasteiger partial charge in [0.05, 0.1) is 27.8 Å². The second kappa shape index (κ2) is 10.8. The summed E-state index contributed by atoms with van der Waals surface area (Å²) >= 11 is 0. The van der Waals surface area contributed by atoms with Crippen molar-refractivity contribution in [3.05, 3.63) is 157 Å². The van der Waals surface area contributed by atoms with Gasteiger partial charge in [-0.3, -0.25) is 9.55 Å². The molecule has 4 heterocycles. The summed E-state index contributed by atoms with van der Waals surface area (Å²) in [5, 5.41) is 5.00. The molecule has 1 aliphatic heterocycles. The highest BCUT2D eigenvalue weighted by molar-refractivity contribution is 6.09. The molecule has 9 rings (SSSR count). The van der Waals surface area contributed by atoms with Crippen molar-refractivity contribution in [1.82, 2.24) is 14.5 Å². The first-order chi connectivity index (χ1) is 23.8. The lowest BCUT2D eigenvalue weighted by Crippen LogP contribution is -2.55. The summed E-state index contributed by atoms with van der Waals surface area (Å²) in [4.78, 5) is 12.1. The summed E-state index contributed by atoms with van der Waals surface area (Å²) in [6.45, 7) is 9.33. The zero-order chi connectivity index (χ0) is 33.3. The molecule has 0 bridgehead atoms. The third-order valence-electron chi connectivity index (χ3n) is 10.2. The molecule has 0 saturated carbocycles. The molecule has 0 aliphatic carbocycles. The SMILES string of the molecule is CC1(C)c2cccc3cccc(c23)C(C)(C)N1c1ccnc(-c2cccc(Oc3ccc4c5ccccc5n(-c5ccccn5)c4c3)c2)c1. The van der Waals surface area contributed by atoms with E-state index in [2.05, 4.69) is 139 Å². The van der Waals surface area contributed by atoms with Crippen molar-refractivity contribution in [3.63, 3.8) is 0 Å². The number of para-hydroxylation sites is 1. The Balaban J connectivity index is 1.08. The molecule has 1 aliphatic rings. The molecule has 0 N–H and O–H groups in total. The minimum absolute atomic E-state index is 0.253. The van der Waals surface area contributed by atoms with E-state index in [1.807, 2.05) is 48.8 Å². The molecule has 238 valence electrons. The Bertz CT molecular complexity index is 2500. The van der Waals surface area contributed by atoms with Crippen LogP contribution >= 0.6 is 0 Å². The van der Waals surface area contributed by atoms with Crippen molar-refractivity contribution in [3.8, 4) is 28.6 Å². The lowest BCUT2D eigenvalue weighted by atomic mass is 9.73. The number of benzene rings is 5. The summed E-state index contributed by atoms with van der Waals surface area (Å²) in [5.74, 6) is 2.39. The van der Waals surface area contributed by atoms with Crippen LogP contribution in [-0.2, 0) is 11.1 Å². The average molecular weight is 637 g/mol. The minimum Gasteiger partial charge on any atom is -0.457 e. The number of nitrogens with zero attached hydrogens (tertiary/aromatic N) is 4. The summed E-state index contributed by atoms with van der Waals surface area (Å²) in [7, 11) is 0. The summed E-state index contributed by atoms with van der Waals surface area (Å²) in [5.41, 5.74) is 7.37. The van der Waals surface area contributed by atoms with Crippen molar-refractivity contribution in [2.75, 3.05) is 4.90 Å². The van der Waals surface area contributed by atoms with Gasteiger partial charge in [0.2, 0.25) is 0 Å². The van der Waals surface area contributed by atoms with E-state index in [1.54, 1.807) is 0 Å². The minimum atomic E-state index is -0.253. The molecule has 0 atom stereocenters. The van der Waals surface area contributed by atoms with Gasteiger partial charge in [0.25, 0.3) is 0 Å². The number of fused-ring (bicyclic) bond motifs is 3. The van der Waals surface area contributed by atoms with Crippen molar-refractivity contribution >= 4 is 38.3 Å². The maximum atomic E-state index is 6.55. The van der Waals surface area contributed by atoms with E-state index < -0.39 is 0 Å². The highest BCUT2D eigenvalue weighted by Crippen LogP contribution is 2.51. The molecule has 0 saturated heterocycles. The van der Waals surface area contributed by atoms with Crippen LogP contribution in [0.3, 0.4) is 0 Å². The fourth-order valence-electron chi connectivity index (χ4n) is 8.26. The lowest BCUT2D eigenvalue weighted by molar-refractivity contribution is 0.342. The molecule has 5 heteroatoms. The molecular weight excluding hydrogens is 601 g/mol. The Labute approximate surface area is 286 Å². The first-order valence-electron chi connectivity index (χ1n) is 16.8. The Morgan fingerprint density at radius 2 is 1.27 bits per heavy atom. The first kappa shape index (κ1) is 29.2. The number of hydrogen-bond donors (Lipinski definition) is 0. The number of rotatable bonds is 5. The van der Waals surface area contributed by atoms with Gasteiger partial charge < -0.3 is 9.64 Å².